The summed E-state index contributed by atoms with van der Waals surface area (Å²) in [6.07, 6.45) is 6.51. The summed E-state index contributed by atoms with van der Waals surface area (Å²) in [5.41, 5.74) is 7.00. The van der Waals surface area contributed by atoms with E-state index in [2.05, 4.69) is 31.0 Å². The van der Waals surface area contributed by atoms with Crippen molar-refractivity contribution in [3.63, 3.8) is 0 Å². The van der Waals surface area contributed by atoms with Crippen molar-refractivity contribution in [3.8, 4) is 5.75 Å². The highest BCUT2D eigenvalue weighted by Gasteiger charge is 1.99. The van der Waals surface area contributed by atoms with Gasteiger partial charge >= 0.3 is 0 Å². The number of benzene rings is 1. The summed E-state index contributed by atoms with van der Waals surface area (Å²) in [4.78, 5) is 8.21. The van der Waals surface area contributed by atoms with Gasteiger partial charge in [-0.1, -0.05) is 12.1 Å². The third-order valence-corrected chi connectivity index (χ3v) is 3.16. The molecule has 0 radical (unpaired) electrons. The van der Waals surface area contributed by atoms with E-state index in [1.165, 1.54) is 6.21 Å². The first kappa shape index (κ1) is 16.1. The summed E-state index contributed by atoms with van der Waals surface area (Å²) < 4.78 is 0. The molecule has 2 heterocycles. The van der Waals surface area contributed by atoms with Crippen molar-refractivity contribution in [3.05, 3.63) is 78.1 Å². The van der Waals surface area contributed by atoms with Gasteiger partial charge in [0.25, 0.3) is 0 Å². The van der Waals surface area contributed by atoms with E-state index in [1.807, 2.05) is 30.3 Å². The number of phenols is 1. The Hall–Kier alpha value is -3.74. The molecule has 25 heavy (non-hydrogen) atoms. The molecule has 0 aliphatic rings. The predicted molar refractivity (Wildman–Crippen MR) is 99.0 cm³/mol. The molecule has 1 aromatic carbocycles. The van der Waals surface area contributed by atoms with Gasteiger partial charge in [-0.2, -0.15) is 10.2 Å². The molecule has 2 aromatic heterocycles. The number of pyridine rings is 2. The molecule has 3 rings (SSSR count). The van der Waals surface area contributed by atoms with Crippen LogP contribution in [-0.4, -0.2) is 27.5 Å². The molecular formula is C18H16N6O. The Balaban J connectivity index is 1.65. The highest BCUT2D eigenvalue weighted by molar-refractivity contribution is 5.89. The highest BCUT2D eigenvalue weighted by atomic mass is 16.3. The van der Waals surface area contributed by atoms with Gasteiger partial charge < -0.3 is 5.11 Å². The number of hydrogen-bond donors (Lipinski definition) is 3. The second-order valence-electron chi connectivity index (χ2n) is 4.99. The smallest absolute Gasteiger partial charge is 0.146 e. The Morgan fingerprint density at radius 2 is 1.44 bits per heavy atom. The van der Waals surface area contributed by atoms with Crippen molar-refractivity contribution in [1.82, 2.24) is 9.97 Å². The Labute approximate surface area is 144 Å². The Morgan fingerprint density at radius 3 is 2.04 bits per heavy atom. The first-order valence-corrected chi connectivity index (χ1v) is 7.54. The maximum Gasteiger partial charge on any atom is 0.146 e. The number of hydrazone groups is 2. The van der Waals surface area contributed by atoms with Crippen LogP contribution in [0, 0.1) is 0 Å². The number of hydrogen-bond acceptors (Lipinski definition) is 7. The van der Waals surface area contributed by atoms with Crippen LogP contribution >= 0.6 is 0 Å². The fraction of sp³-hybridized carbons (Fsp3) is 0. The van der Waals surface area contributed by atoms with Gasteiger partial charge in [0.2, 0.25) is 0 Å². The summed E-state index contributed by atoms with van der Waals surface area (Å²) in [5.74, 6) is 1.40. The lowest BCUT2D eigenvalue weighted by Gasteiger charge is -2.02. The third-order valence-electron chi connectivity index (χ3n) is 3.16. The summed E-state index contributed by atoms with van der Waals surface area (Å²) in [6.45, 7) is 0. The van der Waals surface area contributed by atoms with Gasteiger partial charge in [-0.05, 0) is 48.0 Å². The number of phenolic OH excluding ortho intramolecular Hbond substituents is 1. The van der Waals surface area contributed by atoms with Crippen LogP contribution in [0.2, 0.25) is 0 Å². The first-order chi connectivity index (χ1) is 12.3. The molecule has 7 heteroatoms. The van der Waals surface area contributed by atoms with Gasteiger partial charge in [-0.25, -0.2) is 9.97 Å². The second-order valence-corrected chi connectivity index (χ2v) is 4.99. The van der Waals surface area contributed by atoms with Crippen LogP contribution in [-0.2, 0) is 0 Å². The molecule has 3 aromatic rings. The van der Waals surface area contributed by atoms with Gasteiger partial charge in [0, 0.05) is 18.0 Å². The fourth-order valence-electron chi connectivity index (χ4n) is 1.96. The molecule has 7 nitrogen and oxygen atoms in total. The maximum absolute atomic E-state index is 9.93. The molecule has 0 unspecified atom stereocenters. The summed E-state index contributed by atoms with van der Waals surface area (Å²) in [6, 6.07) is 16.1. The Kier molecular flexibility index (Phi) is 5.30. The number of nitrogens with one attached hydrogen (secondary N) is 2. The van der Waals surface area contributed by atoms with Gasteiger partial charge in [0.15, 0.2) is 0 Å². The molecule has 124 valence electrons. The molecule has 0 aliphatic carbocycles. The van der Waals surface area contributed by atoms with E-state index in [1.54, 1.807) is 42.9 Å². The highest BCUT2D eigenvalue weighted by Crippen LogP contribution is 2.16. The van der Waals surface area contributed by atoms with Crippen LogP contribution < -0.4 is 10.9 Å². The standard InChI is InChI=1S/C18H16N6O/c25-16-8-7-14(12-21-23-17-5-1-3-9-19-17)11-15(16)13-22-24-18-6-2-4-10-20-18/h1-13,25H,(H,19,23)(H,20,24)/b21-12+,22-13+. The second kappa shape index (κ2) is 8.21. The van der Waals surface area contributed by atoms with Gasteiger partial charge in [-0.15, -0.1) is 0 Å². The number of anilines is 2. The van der Waals surface area contributed by atoms with Crippen molar-refractivity contribution in [2.75, 3.05) is 10.9 Å². The van der Waals surface area contributed by atoms with Gasteiger partial charge in [0.05, 0.1) is 12.4 Å². The summed E-state index contributed by atoms with van der Waals surface area (Å²) >= 11 is 0. The molecule has 0 fully saturated rings. The van der Waals surface area contributed by atoms with Gasteiger partial charge in [0.1, 0.15) is 17.4 Å². The van der Waals surface area contributed by atoms with Crippen LogP contribution in [0.1, 0.15) is 11.1 Å². The first-order valence-electron chi connectivity index (χ1n) is 7.54. The molecular weight excluding hydrogens is 316 g/mol. The fourth-order valence-corrected chi connectivity index (χ4v) is 1.96. The monoisotopic (exact) mass is 332 g/mol. The number of aromatic hydroxyl groups is 1. The lowest BCUT2D eigenvalue weighted by Crippen LogP contribution is -1.95. The predicted octanol–water partition coefficient (Wildman–Crippen LogP) is 3.07. The Morgan fingerprint density at radius 1 is 0.800 bits per heavy atom. The van der Waals surface area contributed by atoms with Crippen LogP contribution in [0.4, 0.5) is 11.6 Å². The SMILES string of the molecule is Oc1ccc(/C=N/Nc2ccccn2)cc1/C=N/Nc1ccccn1. The summed E-state index contributed by atoms with van der Waals surface area (Å²) in [7, 11) is 0. The van der Waals surface area contributed by atoms with E-state index in [9.17, 15) is 5.11 Å². The lowest BCUT2D eigenvalue weighted by molar-refractivity contribution is 0.474. The van der Waals surface area contributed by atoms with Crippen LogP contribution in [0.15, 0.2) is 77.2 Å². The normalized spacial score (nSPS) is 11.0. The maximum atomic E-state index is 9.93. The zero-order chi connectivity index (χ0) is 17.3. The van der Waals surface area contributed by atoms with Crippen molar-refractivity contribution < 1.29 is 5.11 Å². The molecule has 0 saturated carbocycles. The van der Waals surface area contributed by atoms with E-state index in [-0.39, 0.29) is 5.75 Å². The average Bonchev–Trinajstić information content (AvgIpc) is 2.66. The number of nitrogens with zero attached hydrogens (tertiary/aromatic N) is 4. The number of aromatic nitrogens is 2. The largest absolute Gasteiger partial charge is 0.507 e. The van der Waals surface area contributed by atoms with Crippen molar-refractivity contribution in [2.45, 2.75) is 0 Å². The van der Waals surface area contributed by atoms with Crippen LogP contribution in [0.5, 0.6) is 5.75 Å². The quantitative estimate of drug-likeness (QED) is 0.476. The van der Waals surface area contributed by atoms with Crippen molar-refractivity contribution in [2.24, 2.45) is 10.2 Å². The summed E-state index contributed by atoms with van der Waals surface area (Å²) in [5, 5.41) is 18.1. The Bertz CT molecular complexity index is 865. The van der Waals surface area contributed by atoms with Gasteiger partial charge in [-0.3, -0.25) is 10.9 Å². The van der Waals surface area contributed by atoms with E-state index < -0.39 is 0 Å². The topological polar surface area (TPSA) is 94.8 Å². The minimum absolute atomic E-state index is 0.126. The van der Waals surface area contributed by atoms with Crippen molar-refractivity contribution in [1.29, 1.82) is 0 Å². The molecule has 0 atom stereocenters. The van der Waals surface area contributed by atoms with Crippen LogP contribution in [0.25, 0.3) is 0 Å². The average molecular weight is 332 g/mol. The van der Waals surface area contributed by atoms with E-state index in [4.69, 9.17) is 0 Å². The van der Waals surface area contributed by atoms with Crippen molar-refractivity contribution >= 4 is 24.1 Å². The molecule has 0 spiro atoms. The molecule has 0 aliphatic heterocycles. The minimum atomic E-state index is 0.126. The zero-order valence-electron chi connectivity index (χ0n) is 13.2. The zero-order valence-corrected chi connectivity index (χ0v) is 13.2. The number of rotatable bonds is 6. The lowest BCUT2D eigenvalue weighted by atomic mass is 10.1. The molecule has 0 bridgehead atoms. The molecule has 0 amide bonds. The van der Waals surface area contributed by atoms with Crippen LogP contribution in [0.3, 0.4) is 0 Å². The van der Waals surface area contributed by atoms with E-state index >= 15 is 0 Å². The van der Waals surface area contributed by atoms with E-state index in [0.29, 0.717) is 17.2 Å². The molecule has 3 N–H and O–H groups in total. The minimum Gasteiger partial charge on any atom is -0.507 e. The molecule has 0 saturated heterocycles. The third kappa shape index (κ3) is 4.87. The van der Waals surface area contributed by atoms with E-state index in [0.717, 1.165) is 5.56 Å².